The highest BCUT2D eigenvalue weighted by molar-refractivity contribution is 7.92. The smallest absolute Gasteiger partial charge is 0.261 e. The number of sulfonamides is 1. The summed E-state index contributed by atoms with van der Waals surface area (Å²) in [6.07, 6.45) is 0. The van der Waals surface area contributed by atoms with Crippen LogP contribution in [0.15, 0.2) is 83.1 Å². The van der Waals surface area contributed by atoms with Crippen molar-refractivity contribution in [3.8, 4) is 21.8 Å². The minimum atomic E-state index is -3.81. The number of benzene rings is 3. The first-order chi connectivity index (χ1) is 13.9. The molecule has 4 nitrogen and oxygen atoms in total. The molecule has 0 spiro atoms. The van der Waals surface area contributed by atoms with E-state index in [2.05, 4.69) is 9.71 Å². The van der Waals surface area contributed by atoms with Crippen molar-refractivity contribution in [3.63, 3.8) is 0 Å². The Labute approximate surface area is 176 Å². The number of aromatic nitrogens is 1. The molecule has 0 radical (unpaired) electrons. The highest BCUT2D eigenvalue weighted by Gasteiger charge is 2.18. The standard InChI is InChI=1S/C21H14ClFN2O2S2/c22-14-9-11-15(12-10-14)29(26,27)25-19-8-4-2-6-17(19)20-13-28-21(24-20)16-5-1-3-7-18(16)23/h1-13,25H. The largest absolute Gasteiger partial charge is 0.279 e. The number of nitrogens with one attached hydrogen (secondary N) is 1. The lowest BCUT2D eigenvalue weighted by molar-refractivity contribution is 0.601. The summed E-state index contributed by atoms with van der Waals surface area (Å²) in [5, 5.41) is 2.75. The van der Waals surface area contributed by atoms with Crippen LogP contribution in [0.3, 0.4) is 0 Å². The Morgan fingerprint density at radius 1 is 0.897 bits per heavy atom. The first kappa shape index (κ1) is 19.6. The van der Waals surface area contributed by atoms with Gasteiger partial charge in [0.2, 0.25) is 0 Å². The van der Waals surface area contributed by atoms with Gasteiger partial charge >= 0.3 is 0 Å². The molecule has 0 saturated heterocycles. The molecule has 8 heteroatoms. The molecule has 1 N–H and O–H groups in total. The molecule has 3 aromatic carbocycles. The Morgan fingerprint density at radius 3 is 2.28 bits per heavy atom. The molecule has 29 heavy (non-hydrogen) atoms. The Hall–Kier alpha value is -2.74. The van der Waals surface area contributed by atoms with Crippen LogP contribution in [-0.2, 0) is 10.0 Å². The van der Waals surface area contributed by atoms with Crippen LogP contribution >= 0.6 is 22.9 Å². The van der Waals surface area contributed by atoms with Crippen LogP contribution in [0, 0.1) is 5.82 Å². The third-order valence-electron chi connectivity index (χ3n) is 4.18. The summed E-state index contributed by atoms with van der Waals surface area (Å²) in [7, 11) is -3.81. The van der Waals surface area contributed by atoms with Gasteiger partial charge in [-0.1, -0.05) is 41.9 Å². The molecule has 0 saturated carbocycles. The van der Waals surface area contributed by atoms with E-state index < -0.39 is 10.0 Å². The number of nitrogens with zero attached hydrogens (tertiary/aromatic N) is 1. The summed E-state index contributed by atoms with van der Waals surface area (Å²) in [5.74, 6) is -0.356. The molecular formula is C21H14ClFN2O2S2. The normalized spacial score (nSPS) is 11.4. The summed E-state index contributed by atoms with van der Waals surface area (Å²) in [5.41, 5.74) is 1.95. The van der Waals surface area contributed by atoms with E-state index in [-0.39, 0.29) is 10.7 Å². The third kappa shape index (κ3) is 4.17. The number of thiazole rings is 1. The molecule has 0 aliphatic heterocycles. The highest BCUT2D eigenvalue weighted by Crippen LogP contribution is 2.34. The molecule has 0 bridgehead atoms. The van der Waals surface area contributed by atoms with Gasteiger partial charge in [-0.25, -0.2) is 17.8 Å². The third-order valence-corrected chi connectivity index (χ3v) is 6.69. The average molecular weight is 445 g/mol. The van der Waals surface area contributed by atoms with Gasteiger partial charge in [0.15, 0.2) is 0 Å². The van der Waals surface area contributed by atoms with Gasteiger partial charge in [0.1, 0.15) is 10.8 Å². The minimum absolute atomic E-state index is 0.0991. The molecule has 146 valence electrons. The van der Waals surface area contributed by atoms with Gasteiger partial charge in [-0.05, 0) is 42.5 Å². The van der Waals surface area contributed by atoms with Gasteiger partial charge in [-0.3, -0.25) is 4.72 Å². The van der Waals surface area contributed by atoms with E-state index in [0.717, 1.165) is 0 Å². The summed E-state index contributed by atoms with van der Waals surface area (Å²) in [6.45, 7) is 0. The Bertz CT molecular complexity index is 1270. The van der Waals surface area contributed by atoms with E-state index in [1.807, 2.05) is 0 Å². The average Bonchev–Trinajstić information content (AvgIpc) is 3.18. The van der Waals surface area contributed by atoms with Crippen molar-refractivity contribution in [1.29, 1.82) is 0 Å². The topological polar surface area (TPSA) is 59.1 Å². The van der Waals surface area contributed by atoms with Crippen molar-refractivity contribution in [1.82, 2.24) is 4.98 Å². The summed E-state index contributed by atoms with van der Waals surface area (Å²) in [6, 6.07) is 19.3. The molecular weight excluding hydrogens is 431 g/mol. The van der Waals surface area contributed by atoms with Crippen LogP contribution < -0.4 is 4.72 Å². The van der Waals surface area contributed by atoms with E-state index in [1.54, 1.807) is 47.8 Å². The molecule has 4 aromatic rings. The van der Waals surface area contributed by atoms with Crippen LogP contribution in [0.25, 0.3) is 21.8 Å². The Balaban J connectivity index is 1.69. The second-order valence-corrected chi connectivity index (χ2v) is 9.10. The number of para-hydroxylation sites is 1. The summed E-state index contributed by atoms with van der Waals surface area (Å²) >= 11 is 7.14. The SMILES string of the molecule is O=S(=O)(Nc1ccccc1-c1csc(-c2ccccc2F)n1)c1ccc(Cl)cc1. The van der Waals surface area contributed by atoms with E-state index >= 15 is 0 Å². The maximum atomic E-state index is 14.1. The van der Waals surface area contributed by atoms with Gasteiger partial charge in [-0.15, -0.1) is 11.3 Å². The predicted molar refractivity (Wildman–Crippen MR) is 115 cm³/mol. The monoisotopic (exact) mass is 444 g/mol. The molecule has 0 fully saturated rings. The fraction of sp³-hybridized carbons (Fsp3) is 0. The highest BCUT2D eigenvalue weighted by atomic mass is 35.5. The number of anilines is 1. The van der Waals surface area contributed by atoms with Crippen LogP contribution in [0.1, 0.15) is 0 Å². The molecule has 0 unspecified atom stereocenters. The van der Waals surface area contributed by atoms with Crippen molar-refractivity contribution in [2.45, 2.75) is 4.90 Å². The second-order valence-electron chi connectivity index (χ2n) is 6.12. The van der Waals surface area contributed by atoms with Crippen molar-refractivity contribution < 1.29 is 12.8 Å². The van der Waals surface area contributed by atoms with Crippen LogP contribution in [-0.4, -0.2) is 13.4 Å². The Kier molecular flexibility index (Phi) is 5.36. The number of rotatable bonds is 5. The van der Waals surface area contributed by atoms with Gasteiger partial charge in [0.25, 0.3) is 10.0 Å². The van der Waals surface area contributed by atoms with Crippen LogP contribution in [0.5, 0.6) is 0 Å². The summed E-state index contributed by atoms with van der Waals surface area (Å²) in [4.78, 5) is 4.61. The second kappa shape index (κ2) is 7.94. The zero-order chi connectivity index (χ0) is 20.4. The van der Waals surface area contributed by atoms with E-state index in [4.69, 9.17) is 11.6 Å². The van der Waals surface area contributed by atoms with E-state index in [1.165, 1.54) is 41.7 Å². The lowest BCUT2D eigenvalue weighted by Crippen LogP contribution is -2.13. The molecule has 0 atom stereocenters. The van der Waals surface area contributed by atoms with Crippen LogP contribution in [0.2, 0.25) is 5.02 Å². The number of hydrogen-bond acceptors (Lipinski definition) is 4. The fourth-order valence-electron chi connectivity index (χ4n) is 2.77. The fourth-order valence-corrected chi connectivity index (χ4v) is 4.82. The molecule has 0 amide bonds. The predicted octanol–water partition coefficient (Wildman–Crippen LogP) is 6.07. The van der Waals surface area contributed by atoms with Crippen molar-refractivity contribution in [3.05, 3.63) is 89.0 Å². The van der Waals surface area contributed by atoms with E-state index in [0.29, 0.717) is 32.5 Å². The molecule has 1 heterocycles. The first-order valence-corrected chi connectivity index (χ1v) is 11.3. The van der Waals surface area contributed by atoms with Gasteiger partial charge in [0, 0.05) is 21.5 Å². The minimum Gasteiger partial charge on any atom is -0.279 e. The van der Waals surface area contributed by atoms with Crippen LogP contribution in [0.4, 0.5) is 10.1 Å². The summed E-state index contributed by atoms with van der Waals surface area (Å²) < 4.78 is 42.2. The molecule has 4 rings (SSSR count). The van der Waals surface area contributed by atoms with Crippen molar-refractivity contribution in [2.24, 2.45) is 0 Å². The van der Waals surface area contributed by atoms with Crippen molar-refractivity contribution in [2.75, 3.05) is 4.72 Å². The van der Waals surface area contributed by atoms with Gasteiger partial charge in [-0.2, -0.15) is 0 Å². The lowest BCUT2D eigenvalue weighted by Gasteiger charge is -2.11. The molecule has 0 aliphatic rings. The number of hydrogen-bond donors (Lipinski definition) is 1. The zero-order valence-electron chi connectivity index (χ0n) is 14.8. The first-order valence-electron chi connectivity index (χ1n) is 8.52. The maximum Gasteiger partial charge on any atom is 0.261 e. The Morgan fingerprint density at radius 2 is 1.55 bits per heavy atom. The lowest BCUT2D eigenvalue weighted by atomic mass is 10.1. The van der Waals surface area contributed by atoms with Gasteiger partial charge in [0.05, 0.1) is 16.3 Å². The quantitative estimate of drug-likeness (QED) is 0.406. The zero-order valence-corrected chi connectivity index (χ0v) is 17.2. The number of halogens is 2. The van der Waals surface area contributed by atoms with Gasteiger partial charge < -0.3 is 0 Å². The van der Waals surface area contributed by atoms with E-state index in [9.17, 15) is 12.8 Å². The maximum absolute atomic E-state index is 14.1. The van der Waals surface area contributed by atoms with Crippen molar-refractivity contribution >= 4 is 38.6 Å². The molecule has 1 aromatic heterocycles. The molecule has 0 aliphatic carbocycles.